The molecule has 4 aromatic rings. The van der Waals surface area contributed by atoms with Gasteiger partial charge in [0.15, 0.2) is 5.82 Å². The molecule has 6 nitrogen and oxygen atoms in total. The summed E-state index contributed by atoms with van der Waals surface area (Å²) in [6.07, 6.45) is 5.25. The molecule has 2 aromatic carbocycles. The van der Waals surface area contributed by atoms with E-state index in [0.717, 1.165) is 77.8 Å². The summed E-state index contributed by atoms with van der Waals surface area (Å²) in [6, 6.07) is 10.3. The van der Waals surface area contributed by atoms with E-state index < -0.39 is 6.43 Å². The number of nitrogens with zero attached hydrogens (tertiary/aromatic N) is 5. The third-order valence-electron chi connectivity index (χ3n) is 7.93. The van der Waals surface area contributed by atoms with E-state index in [4.69, 9.17) is 9.84 Å². The highest BCUT2D eigenvalue weighted by atomic mass is 19.3. The number of allylic oxidation sites excluding steroid dienone is 1. The van der Waals surface area contributed by atoms with E-state index in [-0.39, 0.29) is 11.6 Å². The summed E-state index contributed by atoms with van der Waals surface area (Å²) >= 11 is 0. The van der Waals surface area contributed by atoms with Crippen molar-refractivity contribution < 1.29 is 13.5 Å². The Balaban J connectivity index is 1.52. The van der Waals surface area contributed by atoms with Crippen molar-refractivity contribution in [1.82, 2.24) is 19.6 Å². The average Bonchev–Trinajstić information content (AvgIpc) is 3.55. The van der Waals surface area contributed by atoms with Crippen LogP contribution >= 0.6 is 0 Å². The maximum absolute atomic E-state index is 14.4. The fourth-order valence-corrected chi connectivity index (χ4v) is 5.82. The smallest absolute Gasteiger partial charge is 0.264 e. The monoisotopic (exact) mass is 517 g/mol. The molecular formula is C30H33F2N5O. The summed E-state index contributed by atoms with van der Waals surface area (Å²) in [5.41, 5.74) is 6.37. The molecule has 198 valence electrons. The summed E-state index contributed by atoms with van der Waals surface area (Å²) < 4.78 is 38.2. The lowest BCUT2D eigenvalue weighted by Gasteiger charge is -2.31. The molecule has 0 N–H and O–H groups in total. The molecule has 0 aliphatic carbocycles. The highest BCUT2D eigenvalue weighted by Crippen LogP contribution is 2.43. The van der Waals surface area contributed by atoms with E-state index in [1.165, 1.54) is 0 Å². The zero-order valence-electron chi connectivity index (χ0n) is 22.0. The van der Waals surface area contributed by atoms with Crippen LogP contribution in [0.25, 0.3) is 27.6 Å². The Labute approximate surface area is 221 Å². The Morgan fingerprint density at radius 1 is 1.18 bits per heavy atom. The average molecular weight is 518 g/mol. The molecule has 0 unspecified atom stereocenters. The fraction of sp³-hybridized carbons (Fsp3) is 0.400. The third kappa shape index (κ3) is 4.30. The molecule has 38 heavy (non-hydrogen) atoms. The molecule has 0 saturated carbocycles. The number of hydrogen-bond acceptors (Lipinski definition) is 4. The minimum absolute atomic E-state index is 0.0249. The minimum Gasteiger partial charge on any atom is -0.381 e. The molecule has 1 saturated heterocycles. The topological polar surface area (TPSA) is 48.1 Å². The lowest BCUT2D eigenvalue weighted by atomic mass is 9.93. The van der Waals surface area contributed by atoms with Crippen molar-refractivity contribution >= 4 is 28.0 Å². The number of aryl methyl sites for hydroxylation is 2. The lowest BCUT2D eigenvalue weighted by Crippen LogP contribution is -2.26. The lowest BCUT2D eigenvalue weighted by molar-refractivity contribution is 0.0675. The second kappa shape index (κ2) is 9.98. The van der Waals surface area contributed by atoms with Crippen LogP contribution < -0.4 is 4.90 Å². The van der Waals surface area contributed by atoms with Crippen LogP contribution in [0.1, 0.15) is 61.8 Å². The molecule has 2 aliphatic rings. The van der Waals surface area contributed by atoms with Gasteiger partial charge in [0.1, 0.15) is 0 Å². The van der Waals surface area contributed by atoms with Crippen molar-refractivity contribution in [2.75, 3.05) is 24.7 Å². The third-order valence-corrected chi connectivity index (χ3v) is 7.93. The zero-order valence-corrected chi connectivity index (χ0v) is 22.0. The quantitative estimate of drug-likeness (QED) is 0.271. The van der Waals surface area contributed by atoms with Gasteiger partial charge < -0.3 is 9.64 Å². The maximum Gasteiger partial charge on any atom is 0.264 e. The van der Waals surface area contributed by atoms with Gasteiger partial charge in [0.2, 0.25) is 0 Å². The number of alkyl halides is 2. The standard InChI is InChI=1S/C30H33F2N5O/c1-4-19(2)20-7-8-27-26(14-20)30(34-37(27)23-9-12-38-13-10-23)36-11-5-6-21-15-24(22-17-33-35(3)18-22)25(29(31)32)16-28(21)36/h7-8,14-18,23,29H,2,4-6,9-13H2,1,3H3. The number of halogens is 2. The number of anilines is 2. The number of aromatic nitrogens is 4. The fourth-order valence-electron chi connectivity index (χ4n) is 5.82. The first-order chi connectivity index (χ1) is 18.4. The van der Waals surface area contributed by atoms with Crippen molar-refractivity contribution in [2.24, 2.45) is 7.05 Å². The molecule has 8 heteroatoms. The van der Waals surface area contributed by atoms with Crippen molar-refractivity contribution in [2.45, 2.75) is 51.5 Å². The number of rotatable bonds is 6. The molecule has 4 heterocycles. The van der Waals surface area contributed by atoms with Gasteiger partial charge in [-0.25, -0.2) is 8.78 Å². The Bertz CT molecular complexity index is 1500. The first kappa shape index (κ1) is 24.8. The Morgan fingerprint density at radius 3 is 2.71 bits per heavy atom. The van der Waals surface area contributed by atoms with Gasteiger partial charge in [-0.1, -0.05) is 19.6 Å². The summed E-state index contributed by atoms with van der Waals surface area (Å²) in [5, 5.41) is 10.4. The van der Waals surface area contributed by atoms with E-state index >= 15 is 0 Å². The maximum atomic E-state index is 14.4. The van der Waals surface area contributed by atoms with Crippen molar-refractivity contribution in [3.05, 3.63) is 66.0 Å². The number of hydrogen-bond donors (Lipinski definition) is 0. The van der Waals surface area contributed by atoms with E-state index in [2.05, 4.69) is 46.4 Å². The Kier molecular flexibility index (Phi) is 6.51. The number of benzene rings is 2. The Hall–Kier alpha value is -3.52. The van der Waals surface area contributed by atoms with E-state index in [9.17, 15) is 8.78 Å². The molecule has 0 amide bonds. The van der Waals surface area contributed by atoms with Crippen molar-refractivity contribution in [3.63, 3.8) is 0 Å². The van der Waals surface area contributed by atoms with Crippen LogP contribution in [-0.4, -0.2) is 39.3 Å². The molecule has 0 spiro atoms. The molecule has 2 aliphatic heterocycles. The minimum atomic E-state index is -2.60. The molecular weight excluding hydrogens is 484 g/mol. The van der Waals surface area contributed by atoms with Crippen molar-refractivity contribution in [3.8, 4) is 11.1 Å². The second-order valence-electron chi connectivity index (χ2n) is 10.3. The van der Waals surface area contributed by atoms with Crippen LogP contribution in [0.15, 0.2) is 49.3 Å². The van der Waals surface area contributed by atoms with Gasteiger partial charge in [-0.05, 0) is 78.6 Å². The highest BCUT2D eigenvalue weighted by molar-refractivity contribution is 5.95. The van der Waals surface area contributed by atoms with Crippen LogP contribution in [0.5, 0.6) is 0 Å². The first-order valence-corrected chi connectivity index (χ1v) is 13.4. The van der Waals surface area contributed by atoms with Crippen LogP contribution in [0.2, 0.25) is 0 Å². The van der Waals surface area contributed by atoms with E-state index in [1.807, 2.05) is 6.07 Å². The summed E-state index contributed by atoms with van der Waals surface area (Å²) in [5.74, 6) is 0.826. The summed E-state index contributed by atoms with van der Waals surface area (Å²) in [7, 11) is 1.80. The van der Waals surface area contributed by atoms with Gasteiger partial charge in [-0.2, -0.15) is 10.2 Å². The highest BCUT2D eigenvalue weighted by Gasteiger charge is 2.29. The van der Waals surface area contributed by atoms with Crippen LogP contribution in [0, 0.1) is 0 Å². The molecule has 0 bridgehead atoms. The van der Waals surface area contributed by atoms with Gasteiger partial charge in [-0.3, -0.25) is 9.36 Å². The molecule has 6 rings (SSSR count). The molecule has 0 atom stereocenters. The first-order valence-electron chi connectivity index (χ1n) is 13.4. The SMILES string of the molecule is C=C(CC)c1ccc2c(c1)c(N1CCCc3cc(-c4cnn(C)c4)c(C(F)F)cc31)nn2C1CCOCC1. The normalized spacial score (nSPS) is 16.4. The van der Waals surface area contributed by atoms with Gasteiger partial charge in [-0.15, -0.1) is 0 Å². The Morgan fingerprint density at radius 2 is 2.00 bits per heavy atom. The van der Waals surface area contributed by atoms with Crippen molar-refractivity contribution in [1.29, 1.82) is 0 Å². The van der Waals surface area contributed by atoms with E-state index in [0.29, 0.717) is 24.3 Å². The van der Waals surface area contributed by atoms with Gasteiger partial charge in [0.05, 0.1) is 17.8 Å². The predicted molar refractivity (Wildman–Crippen MR) is 147 cm³/mol. The summed E-state index contributed by atoms with van der Waals surface area (Å²) in [6.45, 7) is 8.51. The van der Waals surface area contributed by atoms with Crippen LogP contribution in [0.3, 0.4) is 0 Å². The molecule has 0 radical (unpaired) electrons. The predicted octanol–water partition coefficient (Wildman–Crippen LogP) is 7.23. The zero-order chi connectivity index (χ0) is 26.4. The largest absolute Gasteiger partial charge is 0.381 e. The van der Waals surface area contributed by atoms with Gasteiger partial charge >= 0.3 is 0 Å². The van der Waals surface area contributed by atoms with Gasteiger partial charge in [0.25, 0.3) is 6.43 Å². The van der Waals surface area contributed by atoms with E-state index in [1.54, 1.807) is 30.2 Å². The number of fused-ring (bicyclic) bond motifs is 2. The summed E-state index contributed by atoms with van der Waals surface area (Å²) in [4.78, 5) is 2.15. The molecule has 1 fully saturated rings. The van der Waals surface area contributed by atoms with Crippen LogP contribution in [-0.2, 0) is 18.2 Å². The van der Waals surface area contributed by atoms with Crippen LogP contribution in [0.4, 0.5) is 20.3 Å². The van der Waals surface area contributed by atoms with Gasteiger partial charge in [0, 0.05) is 55.2 Å². The second-order valence-corrected chi connectivity index (χ2v) is 10.3. The molecule has 2 aromatic heterocycles. The number of ether oxygens (including phenoxy) is 1.